The molecule has 1 heterocycles. The zero-order valence-electron chi connectivity index (χ0n) is 17.9. The fourth-order valence-corrected chi connectivity index (χ4v) is 5.73. The number of hydrogen-bond acceptors (Lipinski definition) is 6. The van der Waals surface area contributed by atoms with Gasteiger partial charge < -0.3 is 25.6 Å². The number of amides is 2. The molecule has 3 rings (SSSR count). The van der Waals surface area contributed by atoms with Crippen LogP contribution in [0, 0.1) is 22.7 Å². The van der Waals surface area contributed by atoms with Gasteiger partial charge in [0.2, 0.25) is 11.8 Å². The molecule has 0 radical (unpaired) electrons. The van der Waals surface area contributed by atoms with Crippen LogP contribution < -0.4 is 10.6 Å². The van der Waals surface area contributed by atoms with Gasteiger partial charge in [0.1, 0.15) is 6.04 Å². The van der Waals surface area contributed by atoms with Gasteiger partial charge in [-0.15, -0.1) is 0 Å². The van der Waals surface area contributed by atoms with Crippen LogP contribution in [0.3, 0.4) is 0 Å². The largest absolute Gasteiger partial charge is 0.394 e. The van der Waals surface area contributed by atoms with Crippen LogP contribution in [-0.2, 0) is 14.3 Å². The van der Waals surface area contributed by atoms with Crippen LogP contribution in [0.4, 0.5) is 0 Å². The maximum absolute atomic E-state index is 12.6. The smallest absolute Gasteiger partial charge is 0.245 e. The molecule has 29 heavy (non-hydrogen) atoms. The third-order valence-corrected chi connectivity index (χ3v) is 8.04. The summed E-state index contributed by atoms with van der Waals surface area (Å²) >= 11 is 0. The Balaban J connectivity index is 1.46. The van der Waals surface area contributed by atoms with Crippen molar-refractivity contribution < 1.29 is 24.5 Å². The summed E-state index contributed by atoms with van der Waals surface area (Å²) < 4.78 is 5.30. The molecule has 4 N–H and O–H groups in total. The van der Waals surface area contributed by atoms with Crippen LogP contribution in [0.2, 0.25) is 0 Å². The predicted octanol–water partition coefficient (Wildman–Crippen LogP) is -0.265. The summed E-state index contributed by atoms with van der Waals surface area (Å²) in [7, 11) is 0. The van der Waals surface area contributed by atoms with E-state index in [1.807, 2.05) is 0 Å². The third kappa shape index (κ3) is 4.31. The van der Waals surface area contributed by atoms with E-state index in [9.17, 15) is 19.8 Å². The minimum absolute atomic E-state index is 0.00931. The summed E-state index contributed by atoms with van der Waals surface area (Å²) in [6.45, 7) is 10.3. The zero-order chi connectivity index (χ0) is 21.2. The van der Waals surface area contributed by atoms with Crippen molar-refractivity contribution >= 4 is 11.8 Å². The van der Waals surface area contributed by atoms with Gasteiger partial charge in [-0.25, -0.2) is 0 Å². The van der Waals surface area contributed by atoms with Gasteiger partial charge in [0, 0.05) is 32.6 Å². The number of aliphatic hydroxyl groups excluding tert-OH is 2. The van der Waals surface area contributed by atoms with E-state index < -0.39 is 18.8 Å². The molecule has 1 saturated heterocycles. The maximum atomic E-state index is 12.6. The molecule has 0 aromatic rings. The standard InChI is InChI=1S/C21H37N3O5/c1-20(2)15-4-5-21(20,3)18(27)14(15)12-17(26)23-16(13-25)19(28)22-6-7-24-8-10-29-11-9-24/h14-16,18,25,27H,4-13H2,1-3H3,(H,22,28)(H,23,26). The van der Waals surface area contributed by atoms with Gasteiger partial charge in [0.15, 0.2) is 0 Å². The lowest BCUT2D eigenvalue weighted by Gasteiger charge is -2.37. The number of nitrogens with zero attached hydrogens (tertiary/aromatic N) is 1. The fourth-order valence-electron chi connectivity index (χ4n) is 5.73. The molecule has 5 unspecified atom stereocenters. The molecule has 8 nitrogen and oxygen atoms in total. The van der Waals surface area contributed by atoms with Crippen LogP contribution in [0.25, 0.3) is 0 Å². The van der Waals surface area contributed by atoms with Gasteiger partial charge >= 0.3 is 0 Å². The number of hydrogen-bond donors (Lipinski definition) is 4. The first-order valence-electron chi connectivity index (χ1n) is 10.9. The number of fused-ring (bicyclic) bond motifs is 2. The molecule has 0 aromatic carbocycles. The Kier molecular flexibility index (Phi) is 6.88. The summed E-state index contributed by atoms with van der Waals surface area (Å²) in [5, 5.41) is 25.9. The molecule has 3 fully saturated rings. The second-order valence-electron chi connectivity index (χ2n) is 9.64. The number of aliphatic hydroxyl groups is 2. The number of ether oxygens (including phenoxy) is 1. The molecule has 2 amide bonds. The van der Waals surface area contributed by atoms with E-state index >= 15 is 0 Å². The molecule has 5 atom stereocenters. The fraction of sp³-hybridized carbons (Fsp3) is 0.905. The van der Waals surface area contributed by atoms with Crippen molar-refractivity contribution in [1.82, 2.24) is 15.5 Å². The number of carbonyl (C=O) groups is 2. The second-order valence-corrected chi connectivity index (χ2v) is 9.64. The van der Waals surface area contributed by atoms with E-state index in [2.05, 4.69) is 36.3 Å². The second kappa shape index (κ2) is 8.88. The van der Waals surface area contributed by atoms with Crippen molar-refractivity contribution in [1.29, 1.82) is 0 Å². The highest BCUT2D eigenvalue weighted by Crippen LogP contribution is 2.68. The minimum atomic E-state index is -0.966. The van der Waals surface area contributed by atoms with Crippen molar-refractivity contribution in [3.63, 3.8) is 0 Å². The Morgan fingerprint density at radius 2 is 1.93 bits per heavy atom. The topological polar surface area (TPSA) is 111 Å². The van der Waals surface area contributed by atoms with Gasteiger partial charge in [-0.2, -0.15) is 0 Å². The Morgan fingerprint density at radius 3 is 2.52 bits per heavy atom. The van der Waals surface area contributed by atoms with Crippen molar-refractivity contribution in [2.24, 2.45) is 22.7 Å². The van der Waals surface area contributed by atoms with E-state index in [0.717, 1.165) is 25.9 Å². The Hall–Kier alpha value is -1.22. The van der Waals surface area contributed by atoms with Crippen LogP contribution in [0.5, 0.6) is 0 Å². The Bertz CT molecular complexity index is 607. The highest BCUT2D eigenvalue weighted by molar-refractivity contribution is 5.87. The quantitative estimate of drug-likeness (QED) is 0.438. The third-order valence-electron chi connectivity index (χ3n) is 8.04. The van der Waals surface area contributed by atoms with E-state index in [-0.39, 0.29) is 35.0 Å². The molecule has 8 heteroatoms. The summed E-state index contributed by atoms with van der Waals surface area (Å²) in [4.78, 5) is 27.2. The van der Waals surface area contributed by atoms with E-state index in [1.54, 1.807) is 0 Å². The highest BCUT2D eigenvalue weighted by Gasteiger charge is 2.65. The Morgan fingerprint density at radius 1 is 1.24 bits per heavy atom. The summed E-state index contributed by atoms with van der Waals surface area (Å²) in [5.41, 5.74) is -0.180. The van der Waals surface area contributed by atoms with Crippen LogP contribution in [-0.4, -0.2) is 85.1 Å². The monoisotopic (exact) mass is 411 g/mol. The number of nitrogens with one attached hydrogen (secondary N) is 2. The van der Waals surface area contributed by atoms with Crippen molar-refractivity contribution in [2.45, 2.75) is 52.2 Å². The first kappa shape index (κ1) is 22.5. The van der Waals surface area contributed by atoms with E-state index in [4.69, 9.17) is 4.74 Å². The molecule has 0 spiro atoms. The van der Waals surface area contributed by atoms with Crippen LogP contribution >= 0.6 is 0 Å². The van der Waals surface area contributed by atoms with Gasteiger partial charge in [-0.1, -0.05) is 20.8 Å². The number of morpholine rings is 1. The van der Waals surface area contributed by atoms with Crippen LogP contribution in [0.15, 0.2) is 0 Å². The Labute approximate surface area is 173 Å². The molecule has 2 aliphatic carbocycles. The maximum Gasteiger partial charge on any atom is 0.245 e. The SMILES string of the molecule is CC1(C)C2CCC1(C)C(O)C2CC(=O)NC(CO)C(=O)NCCN1CCOCC1. The van der Waals surface area contributed by atoms with Crippen LogP contribution in [0.1, 0.15) is 40.0 Å². The lowest BCUT2D eigenvalue weighted by Crippen LogP contribution is -2.51. The molecular weight excluding hydrogens is 374 g/mol. The minimum Gasteiger partial charge on any atom is -0.394 e. The van der Waals surface area contributed by atoms with Gasteiger partial charge in [0.25, 0.3) is 0 Å². The average Bonchev–Trinajstić information content (AvgIpc) is 3.00. The van der Waals surface area contributed by atoms with Crippen molar-refractivity contribution in [2.75, 3.05) is 46.0 Å². The average molecular weight is 412 g/mol. The first-order chi connectivity index (χ1) is 13.7. The van der Waals surface area contributed by atoms with E-state index in [1.165, 1.54) is 0 Å². The molecule has 0 aromatic heterocycles. The molecular formula is C21H37N3O5. The number of rotatable bonds is 8. The molecule has 1 aliphatic heterocycles. The summed E-state index contributed by atoms with van der Waals surface area (Å²) in [6, 6.07) is -0.966. The lowest BCUT2D eigenvalue weighted by atomic mass is 9.70. The molecule has 3 aliphatic rings. The zero-order valence-corrected chi connectivity index (χ0v) is 17.9. The molecule has 166 valence electrons. The van der Waals surface area contributed by atoms with Crippen molar-refractivity contribution in [3.8, 4) is 0 Å². The number of carbonyl (C=O) groups excluding carboxylic acids is 2. The molecule has 2 bridgehead atoms. The van der Waals surface area contributed by atoms with Crippen molar-refractivity contribution in [3.05, 3.63) is 0 Å². The van der Waals surface area contributed by atoms with Gasteiger partial charge in [-0.05, 0) is 35.5 Å². The van der Waals surface area contributed by atoms with Gasteiger partial charge in [-0.3, -0.25) is 14.5 Å². The normalized spacial score (nSPS) is 34.7. The highest BCUT2D eigenvalue weighted by atomic mass is 16.5. The summed E-state index contributed by atoms with van der Waals surface area (Å²) in [6.07, 6.45) is 1.66. The molecule has 2 saturated carbocycles. The van der Waals surface area contributed by atoms with E-state index in [0.29, 0.717) is 32.2 Å². The van der Waals surface area contributed by atoms with Gasteiger partial charge in [0.05, 0.1) is 25.9 Å². The lowest BCUT2D eigenvalue weighted by molar-refractivity contribution is -0.131. The first-order valence-corrected chi connectivity index (χ1v) is 10.9. The predicted molar refractivity (Wildman–Crippen MR) is 108 cm³/mol. The summed E-state index contributed by atoms with van der Waals surface area (Å²) in [5.74, 6) is -0.478.